The zero-order chi connectivity index (χ0) is 24.0. The monoisotopic (exact) mass is 470 g/mol. The van der Waals surface area contributed by atoms with E-state index in [1.54, 1.807) is 7.11 Å². The van der Waals surface area contributed by atoms with Crippen LogP contribution in [-0.2, 0) is 0 Å². The number of ether oxygens (including phenoxy) is 2. The maximum Gasteiger partial charge on any atom is 0.142 e. The molecule has 0 unspecified atom stereocenters. The molecule has 0 radical (unpaired) electrons. The zero-order valence-corrected chi connectivity index (χ0v) is 20.7. The third-order valence-corrected chi connectivity index (χ3v) is 6.76. The van der Waals surface area contributed by atoms with Crippen molar-refractivity contribution in [3.8, 4) is 22.8 Å². The van der Waals surface area contributed by atoms with Crippen LogP contribution in [0.3, 0.4) is 0 Å². The molecule has 4 aromatic rings. The van der Waals surface area contributed by atoms with Crippen molar-refractivity contribution in [3.63, 3.8) is 0 Å². The molecule has 6 heteroatoms. The molecule has 0 amide bonds. The van der Waals surface area contributed by atoms with E-state index >= 15 is 0 Å². The number of piperazine rings is 1. The second-order valence-electron chi connectivity index (χ2n) is 9.13. The van der Waals surface area contributed by atoms with Gasteiger partial charge in [-0.2, -0.15) is 0 Å². The lowest BCUT2D eigenvalue weighted by atomic mass is 10.1. The number of benzene rings is 2. The molecule has 0 atom stereocenters. The van der Waals surface area contributed by atoms with E-state index < -0.39 is 0 Å². The molecule has 5 rings (SSSR count). The number of pyridine rings is 1. The van der Waals surface area contributed by atoms with Crippen LogP contribution in [0.1, 0.15) is 18.4 Å². The summed E-state index contributed by atoms with van der Waals surface area (Å²) in [5.41, 5.74) is 5.47. The summed E-state index contributed by atoms with van der Waals surface area (Å²) < 4.78 is 13.6. The van der Waals surface area contributed by atoms with E-state index in [2.05, 4.69) is 57.7 Å². The Balaban J connectivity index is 1.03. The minimum atomic E-state index is 0.744. The summed E-state index contributed by atoms with van der Waals surface area (Å²) >= 11 is 0. The highest BCUT2D eigenvalue weighted by molar-refractivity contribution is 5.64. The molecule has 0 N–H and O–H groups in total. The van der Waals surface area contributed by atoms with Gasteiger partial charge in [0, 0.05) is 44.1 Å². The lowest BCUT2D eigenvalue weighted by Crippen LogP contribution is -2.46. The van der Waals surface area contributed by atoms with Crippen LogP contribution in [0.2, 0.25) is 0 Å². The van der Waals surface area contributed by atoms with Gasteiger partial charge in [0.05, 0.1) is 25.1 Å². The van der Waals surface area contributed by atoms with Crippen LogP contribution in [0.25, 0.3) is 16.9 Å². The molecule has 2 aromatic heterocycles. The Kier molecular flexibility index (Phi) is 7.19. The van der Waals surface area contributed by atoms with Crippen molar-refractivity contribution in [1.82, 2.24) is 14.3 Å². The third kappa shape index (κ3) is 5.43. The molecule has 0 saturated carbocycles. The predicted molar refractivity (Wildman–Crippen MR) is 142 cm³/mol. The van der Waals surface area contributed by atoms with Crippen LogP contribution in [0.4, 0.5) is 5.69 Å². The van der Waals surface area contributed by atoms with Gasteiger partial charge in [0.25, 0.3) is 0 Å². The maximum absolute atomic E-state index is 6.00. The van der Waals surface area contributed by atoms with E-state index in [9.17, 15) is 0 Å². The summed E-state index contributed by atoms with van der Waals surface area (Å²) in [6.45, 7) is 8.20. The van der Waals surface area contributed by atoms with Crippen LogP contribution < -0.4 is 14.4 Å². The van der Waals surface area contributed by atoms with E-state index in [4.69, 9.17) is 14.5 Å². The lowest BCUT2D eigenvalue weighted by Gasteiger charge is -2.36. The molecule has 1 aliphatic rings. The third-order valence-electron chi connectivity index (χ3n) is 6.76. The molecule has 0 bridgehead atoms. The van der Waals surface area contributed by atoms with Crippen molar-refractivity contribution < 1.29 is 9.47 Å². The van der Waals surface area contributed by atoms with E-state index in [1.165, 1.54) is 11.3 Å². The molecule has 35 heavy (non-hydrogen) atoms. The largest absolute Gasteiger partial charge is 0.495 e. The fraction of sp³-hybridized carbons (Fsp3) is 0.345. The molecule has 6 nitrogen and oxygen atoms in total. The van der Waals surface area contributed by atoms with Crippen molar-refractivity contribution in [1.29, 1.82) is 0 Å². The van der Waals surface area contributed by atoms with Gasteiger partial charge in [-0.25, -0.2) is 4.98 Å². The number of hydrogen-bond donors (Lipinski definition) is 0. The number of methoxy groups -OCH3 is 1. The number of aryl methyl sites for hydroxylation is 1. The topological polar surface area (TPSA) is 42.2 Å². The average molecular weight is 471 g/mol. The van der Waals surface area contributed by atoms with Gasteiger partial charge in [-0.3, -0.25) is 4.90 Å². The second-order valence-corrected chi connectivity index (χ2v) is 9.13. The van der Waals surface area contributed by atoms with Crippen molar-refractivity contribution >= 4 is 11.3 Å². The minimum Gasteiger partial charge on any atom is -0.495 e. The smallest absolute Gasteiger partial charge is 0.142 e. The van der Waals surface area contributed by atoms with Gasteiger partial charge < -0.3 is 18.8 Å². The van der Waals surface area contributed by atoms with Gasteiger partial charge >= 0.3 is 0 Å². The van der Waals surface area contributed by atoms with Crippen molar-refractivity contribution in [2.45, 2.75) is 19.8 Å². The van der Waals surface area contributed by atoms with E-state index in [1.807, 2.05) is 36.5 Å². The van der Waals surface area contributed by atoms with E-state index in [-0.39, 0.29) is 0 Å². The number of anilines is 1. The number of aromatic nitrogens is 2. The van der Waals surface area contributed by atoms with Crippen LogP contribution in [0.15, 0.2) is 73.1 Å². The summed E-state index contributed by atoms with van der Waals surface area (Å²) in [7, 11) is 1.74. The van der Waals surface area contributed by atoms with Gasteiger partial charge in [-0.05, 0) is 74.3 Å². The zero-order valence-electron chi connectivity index (χ0n) is 20.7. The first kappa shape index (κ1) is 23.2. The highest BCUT2D eigenvalue weighted by Gasteiger charge is 2.19. The van der Waals surface area contributed by atoms with Crippen LogP contribution in [-0.4, -0.2) is 60.7 Å². The van der Waals surface area contributed by atoms with Crippen molar-refractivity contribution in [3.05, 3.63) is 78.6 Å². The van der Waals surface area contributed by atoms with Crippen LogP contribution in [0.5, 0.6) is 11.5 Å². The Morgan fingerprint density at radius 3 is 2.46 bits per heavy atom. The summed E-state index contributed by atoms with van der Waals surface area (Å²) in [6.07, 6.45) is 6.32. The molecule has 3 heterocycles. The Morgan fingerprint density at radius 1 is 0.886 bits per heavy atom. The molecule has 1 fully saturated rings. The SMILES string of the molecule is COc1ccccc1N1CCN(CCCCOc2ccc(-c3cn4cccc(C)c4n3)cc2)CC1. The summed E-state index contributed by atoms with van der Waals surface area (Å²) in [4.78, 5) is 9.76. The van der Waals surface area contributed by atoms with Crippen LogP contribution >= 0.6 is 0 Å². The highest BCUT2D eigenvalue weighted by Crippen LogP contribution is 2.28. The normalized spacial score (nSPS) is 14.4. The predicted octanol–water partition coefficient (Wildman–Crippen LogP) is 5.30. The quantitative estimate of drug-likeness (QED) is 0.311. The first-order valence-corrected chi connectivity index (χ1v) is 12.5. The Morgan fingerprint density at radius 2 is 1.69 bits per heavy atom. The average Bonchev–Trinajstić information content (AvgIpc) is 3.35. The molecular weight excluding hydrogens is 436 g/mol. The molecular formula is C29H34N4O2. The number of unbranched alkanes of at least 4 members (excludes halogenated alkanes) is 1. The fourth-order valence-corrected chi connectivity index (χ4v) is 4.75. The first-order chi connectivity index (χ1) is 17.2. The first-order valence-electron chi connectivity index (χ1n) is 12.5. The number of rotatable bonds is 9. The molecule has 1 saturated heterocycles. The molecule has 2 aromatic carbocycles. The van der Waals surface area contributed by atoms with Gasteiger partial charge in [0.15, 0.2) is 0 Å². The van der Waals surface area contributed by atoms with Gasteiger partial charge in [0.1, 0.15) is 17.1 Å². The number of para-hydroxylation sites is 2. The summed E-state index contributed by atoms with van der Waals surface area (Å²) in [6, 6.07) is 20.7. The standard InChI is InChI=1S/C29H34N4O2/c1-23-8-7-16-33-22-26(30-29(23)33)24-11-13-25(14-12-24)35-21-6-5-15-31-17-19-32(20-18-31)27-9-3-4-10-28(27)34-2/h3-4,7-14,16,22H,5-6,15,17-21H2,1-2H3. The van der Waals surface area contributed by atoms with Crippen LogP contribution in [0, 0.1) is 6.92 Å². The lowest BCUT2D eigenvalue weighted by molar-refractivity contribution is 0.238. The number of imidazole rings is 1. The van der Waals surface area contributed by atoms with Gasteiger partial charge in [0.2, 0.25) is 0 Å². The van der Waals surface area contributed by atoms with E-state index in [0.717, 1.165) is 80.6 Å². The highest BCUT2D eigenvalue weighted by atomic mass is 16.5. The molecule has 182 valence electrons. The second kappa shape index (κ2) is 10.8. The van der Waals surface area contributed by atoms with Crippen molar-refractivity contribution in [2.75, 3.05) is 51.3 Å². The summed E-state index contributed by atoms with van der Waals surface area (Å²) in [5, 5.41) is 0. The minimum absolute atomic E-state index is 0.744. The van der Waals surface area contributed by atoms with Crippen molar-refractivity contribution in [2.24, 2.45) is 0 Å². The Labute approximate surface area is 207 Å². The summed E-state index contributed by atoms with van der Waals surface area (Å²) in [5.74, 6) is 1.87. The molecule has 1 aliphatic heterocycles. The maximum atomic E-state index is 6.00. The van der Waals surface area contributed by atoms with E-state index in [0.29, 0.717) is 0 Å². The fourth-order valence-electron chi connectivity index (χ4n) is 4.75. The van der Waals surface area contributed by atoms with Gasteiger partial charge in [-0.15, -0.1) is 0 Å². The number of fused-ring (bicyclic) bond motifs is 1. The number of hydrogen-bond acceptors (Lipinski definition) is 5. The van der Waals surface area contributed by atoms with Gasteiger partial charge in [-0.1, -0.05) is 18.2 Å². The molecule has 0 spiro atoms. The molecule has 0 aliphatic carbocycles. The number of nitrogens with zero attached hydrogens (tertiary/aromatic N) is 4. The Bertz CT molecular complexity index is 1240. The Hall–Kier alpha value is -3.51.